The molecule has 0 bridgehead atoms. The van der Waals surface area contributed by atoms with Crippen LogP contribution < -0.4 is 0 Å². The number of likely N-dealkylation sites (N-methyl/N-ethyl adjacent to an activating group) is 1. The van der Waals surface area contributed by atoms with E-state index in [2.05, 4.69) is 4.74 Å². The van der Waals surface area contributed by atoms with Gasteiger partial charge in [0.15, 0.2) is 6.10 Å². The number of hydrogen-bond acceptors (Lipinski definition) is 2. The number of rotatable bonds is 2. The number of amides is 1. The molecule has 16 heavy (non-hydrogen) atoms. The Labute approximate surface area is 91.6 Å². The van der Waals surface area contributed by atoms with Crippen molar-refractivity contribution in [3.05, 3.63) is 35.9 Å². The van der Waals surface area contributed by atoms with Crippen molar-refractivity contribution in [3.63, 3.8) is 0 Å². The van der Waals surface area contributed by atoms with E-state index in [4.69, 9.17) is 0 Å². The van der Waals surface area contributed by atoms with E-state index in [1.165, 1.54) is 31.3 Å². The van der Waals surface area contributed by atoms with Gasteiger partial charge in [-0.25, -0.2) is 4.79 Å². The lowest BCUT2D eigenvalue weighted by Gasteiger charge is -2.21. The van der Waals surface area contributed by atoms with Gasteiger partial charge >= 0.3 is 12.0 Å². The van der Waals surface area contributed by atoms with Gasteiger partial charge in [0.1, 0.15) is 0 Å². The monoisotopic (exact) mass is 227 g/mol. The summed E-state index contributed by atoms with van der Waals surface area (Å²) in [5.41, 5.74) is -0.136. The lowest BCUT2D eigenvalue weighted by molar-refractivity contribution is -0.0997. The quantitative estimate of drug-likeness (QED) is 0.775. The van der Waals surface area contributed by atoms with Crippen molar-refractivity contribution in [2.45, 2.75) is 12.0 Å². The number of alkyl halides is 2. The summed E-state index contributed by atoms with van der Waals surface area (Å²) in [5, 5.41) is 0. The van der Waals surface area contributed by atoms with Gasteiger partial charge in [0.05, 0.1) is 6.54 Å². The Morgan fingerprint density at radius 3 is 2.50 bits per heavy atom. The van der Waals surface area contributed by atoms with Crippen molar-refractivity contribution < 1.29 is 18.3 Å². The molecule has 1 heterocycles. The van der Waals surface area contributed by atoms with Crippen molar-refractivity contribution in [1.82, 2.24) is 4.90 Å². The van der Waals surface area contributed by atoms with Crippen LogP contribution in [0.2, 0.25) is 0 Å². The highest BCUT2D eigenvalue weighted by atomic mass is 19.3. The van der Waals surface area contributed by atoms with Crippen LogP contribution >= 0.6 is 0 Å². The maximum absolute atomic E-state index is 13.9. The van der Waals surface area contributed by atoms with E-state index in [1.54, 1.807) is 6.07 Å². The molecule has 1 atom stereocenters. The van der Waals surface area contributed by atoms with Gasteiger partial charge in [-0.05, 0) is 0 Å². The predicted molar refractivity (Wildman–Crippen MR) is 53.2 cm³/mol. The van der Waals surface area contributed by atoms with Crippen LogP contribution in [-0.4, -0.2) is 30.7 Å². The van der Waals surface area contributed by atoms with E-state index in [0.717, 1.165) is 4.90 Å². The van der Waals surface area contributed by atoms with Crippen LogP contribution in [0, 0.1) is 0 Å². The van der Waals surface area contributed by atoms with E-state index in [0.29, 0.717) is 0 Å². The van der Waals surface area contributed by atoms with Crippen molar-refractivity contribution in [1.29, 1.82) is 0 Å². The molecule has 1 amide bonds. The van der Waals surface area contributed by atoms with Gasteiger partial charge < -0.3 is 9.64 Å². The molecule has 0 radical (unpaired) electrons. The molecule has 0 saturated carbocycles. The van der Waals surface area contributed by atoms with Crippen molar-refractivity contribution >= 4 is 6.09 Å². The van der Waals surface area contributed by atoms with E-state index in [9.17, 15) is 13.6 Å². The molecule has 2 rings (SSSR count). The Kier molecular flexibility index (Phi) is 2.53. The van der Waals surface area contributed by atoms with Gasteiger partial charge in [-0.2, -0.15) is 8.78 Å². The van der Waals surface area contributed by atoms with Crippen LogP contribution in [0.25, 0.3) is 0 Å². The van der Waals surface area contributed by atoms with Crippen LogP contribution in [0.15, 0.2) is 30.3 Å². The molecule has 0 N–H and O–H groups in total. The number of benzene rings is 1. The average molecular weight is 227 g/mol. The summed E-state index contributed by atoms with van der Waals surface area (Å²) >= 11 is 0. The molecule has 0 spiro atoms. The zero-order chi connectivity index (χ0) is 11.8. The number of ether oxygens (including phenoxy) is 1. The fraction of sp³-hybridized carbons (Fsp3) is 0.364. The third-order valence-electron chi connectivity index (χ3n) is 2.56. The predicted octanol–water partition coefficient (Wildman–Crippen LogP) is 2.23. The lowest BCUT2D eigenvalue weighted by atomic mass is 10.0. The van der Waals surface area contributed by atoms with Crippen LogP contribution in [0.5, 0.6) is 0 Å². The summed E-state index contributed by atoms with van der Waals surface area (Å²) in [6.07, 6.45) is -2.12. The van der Waals surface area contributed by atoms with Crippen LogP contribution in [0.3, 0.4) is 0 Å². The van der Waals surface area contributed by atoms with Crippen LogP contribution in [0.1, 0.15) is 5.56 Å². The molecule has 1 unspecified atom stereocenters. The van der Waals surface area contributed by atoms with E-state index < -0.39 is 18.1 Å². The lowest BCUT2D eigenvalue weighted by Crippen LogP contribution is -2.34. The molecular weight excluding hydrogens is 216 g/mol. The molecule has 1 aliphatic rings. The topological polar surface area (TPSA) is 29.5 Å². The second-order valence-electron chi connectivity index (χ2n) is 3.74. The standard InChI is InChI=1S/C11H11F2NO2/c1-14-7-9(16-10(14)15)11(12,13)8-5-3-2-4-6-8/h2-6,9H,7H2,1H3. The van der Waals surface area contributed by atoms with E-state index in [1.807, 2.05) is 0 Å². The molecule has 3 nitrogen and oxygen atoms in total. The molecule has 86 valence electrons. The first kappa shape index (κ1) is 10.9. The zero-order valence-corrected chi connectivity index (χ0v) is 8.69. The van der Waals surface area contributed by atoms with Gasteiger partial charge in [-0.1, -0.05) is 30.3 Å². The summed E-state index contributed by atoms with van der Waals surface area (Å²) in [5.74, 6) is -3.15. The summed E-state index contributed by atoms with van der Waals surface area (Å²) in [7, 11) is 1.43. The molecule has 1 fully saturated rings. The van der Waals surface area contributed by atoms with Gasteiger partial charge in [-0.3, -0.25) is 0 Å². The maximum atomic E-state index is 13.9. The highest BCUT2D eigenvalue weighted by molar-refractivity contribution is 5.69. The third-order valence-corrected chi connectivity index (χ3v) is 2.56. The highest BCUT2D eigenvalue weighted by Gasteiger charge is 2.48. The number of carbonyl (C=O) groups is 1. The second kappa shape index (κ2) is 3.73. The first-order valence-corrected chi connectivity index (χ1v) is 4.87. The van der Waals surface area contributed by atoms with Gasteiger partial charge in [0, 0.05) is 12.6 Å². The van der Waals surface area contributed by atoms with Crippen LogP contribution in [0.4, 0.5) is 13.6 Å². The summed E-state index contributed by atoms with van der Waals surface area (Å²) < 4.78 is 32.4. The normalized spacial score (nSPS) is 21.1. The van der Waals surface area contributed by atoms with E-state index >= 15 is 0 Å². The van der Waals surface area contributed by atoms with Gasteiger partial charge in [-0.15, -0.1) is 0 Å². The number of carbonyl (C=O) groups excluding carboxylic acids is 1. The van der Waals surface area contributed by atoms with Gasteiger partial charge in [0.25, 0.3) is 0 Å². The fourth-order valence-electron chi connectivity index (χ4n) is 1.61. The second-order valence-corrected chi connectivity index (χ2v) is 3.74. The molecule has 1 saturated heterocycles. The Morgan fingerprint density at radius 1 is 1.38 bits per heavy atom. The number of cyclic esters (lactones) is 1. The van der Waals surface area contributed by atoms with Crippen molar-refractivity contribution in [2.75, 3.05) is 13.6 Å². The van der Waals surface area contributed by atoms with Crippen LogP contribution in [-0.2, 0) is 10.7 Å². The Bertz CT molecular complexity index is 394. The molecule has 1 aromatic rings. The summed E-state index contributed by atoms with van der Waals surface area (Å²) in [6.45, 7) is -0.0965. The number of halogens is 2. The van der Waals surface area contributed by atoms with Gasteiger partial charge in [0.2, 0.25) is 0 Å². The molecule has 0 aliphatic carbocycles. The molecule has 1 aromatic carbocycles. The molecular formula is C11H11F2NO2. The maximum Gasteiger partial charge on any atom is 0.410 e. The fourth-order valence-corrected chi connectivity index (χ4v) is 1.61. The van der Waals surface area contributed by atoms with Crippen molar-refractivity contribution in [2.24, 2.45) is 0 Å². The van der Waals surface area contributed by atoms with Crippen molar-refractivity contribution in [3.8, 4) is 0 Å². The summed E-state index contributed by atoms with van der Waals surface area (Å²) in [6, 6.07) is 7.37. The third kappa shape index (κ3) is 1.73. The highest BCUT2D eigenvalue weighted by Crippen LogP contribution is 2.36. The SMILES string of the molecule is CN1CC(C(F)(F)c2ccccc2)OC1=O. The minimum atomic E-state index is -3.15. The largest absolute Gasteiger partial charge is 0.437 e. The Balaban J connectivity index is 2.23. The number of nitrogens with zero attached hydrogens (tertiary/aromatic N) is 1. The minimum absolute atomic E-state index is 0.0965. The first-order chi connectivity index (χ1) is 7.51. The Hall–Kier alpha value is -1.65. The average Bonchev–Trinajstić information content (AvgIpc) is 2.61. The zero-order valence-electron chi connectivity index (χ0n) is 8.69. The van der Waals surface area contributed by atoms with E-state index in [-0.39, 0.29) is 12.1 Å². The molecule has 5 heteroatoms. The first-order valence-electron chi connectivity index (χ1n) is 4.87. The number of hydrogen-bond donors (Lipinski definition) is 0. The Morgan fingerprint density at radius 2 is 2.00 bits per heavy atom. The molecule has 1 aliphatic heterocycles. The smallest absolute Gasteiger partial charge is 0.410 e. The summed E-state index contributed by atoms with van der Waals surface area (Å²) in [4.78, 5) is 12.2. The minimum Gasteiger partial charge on any atom is -0.437 e. The molecule has 0 aromatic heterocycles.